The summed E-state index contributed by atoms with van der Waals surface area (Å²) in [6.07, 6.45) is 9.28. The van der Waals surface area contributed by atoms with Crippen molar-refractivity contribution in [3.05, 3.63) is 188 Å². The van der Waals surface area contributed by atoms with Gasteiger partial charge >= 0.3 is 0 Å². The molecule has 3 amide bonds. The van der Waals surface area contributed by atoms with Gasteiger partial charge in [-0.15, -0.1) is 0 Å². The molecular formula is C72H91N7O4. The van der Waals surface area contributed by atoms with Gasteiger partial charge in [-0.05, 0) is 146 Å². The molecule has 0 radical (unpaired) electrons. The fourth-order valence-corrected chi connectivity index (χ4v) is 11.8. The van der Waals surface area contributed by atoms with Crippen LogP contribution in [0.5, 0.6) is 0 Å². The van der Waals surface area contributed by atoms with Crippen LogP contribution in [0.3, 0.4) is 0 Å². The Morgan fingerprint density at radius 1 is 0.602 bits per heavy atom. The van der Waals surface area contributed by atoms with Crippen molar-refractivity contribution in [2.75, 3.05) is 17.3 Å². The highest BCUT2D eigenvalue weighted by Gasteiger charge is 2.35. The maximum Gasteiger partial charge on any atom is 0.231 e. The summed E-state index contributed by atoms with van der Waals surface area (Å²) in [5.74, 6) is 1.67. The van der Waals surface area contributed by atoms with Crippen molar-refractivity contribution in [3.8, 4) is 0 Å². The molecule has 0 bridgehead atoms. The molecule has 1 N–H and O–H groups in total. The van der Waals surface area contributed by atoms with E-state index in [1.54, 1.807) is 6.20 Å². The van der Waals surface area contributed by atoms with Crippen LogP contribution >= 0.6 is 0 Å². The molecule has 0 saturated heterocycles. The number of fused-ring (bicyclic) bond motifs is 4. The number of anilines is 2. The zero-order chi connectivity index (χ0) is 60.3. The van der Waals surface area contributed by atoms with Crippen LogP contribution in [0.2, 0.25) is 0 Å². The summed E-state index contributed by atoms with van der Waals surface area (Å²) in [6.45, 7) is 32.7. The molecule has 3 aliphatic heterocycles. The van der Waals surface area contributed by atoms with Crippen molar-refractivity contribution in [1.82, 2.24) is 24.6 Å². The number of Topliss-reactive ketones (excluding diaryl/α,β-unsaturated/α-hetero) is 1. The molecule has 438 valence electrons. The zero-order valence-corrected chi connectivity index (χ0v) is 52.6. The maximum atomic E-state index is 12.7. The Kier molecular flexibility index (Phi) is 18.4. The van der Waals surface area contributed by atoms with Gasteiger partial charge in [0.05, 0.1) is 49.4 Å². The number of benzene rings is 5. The highest BCUT2D eigenvalue weighted by atomic mass is 16.2. The number of amides is 3. The standard InChI is InChI=1S/C20H22N2O.C19H23N3O.C17H23NO.C16H23NO/c1-20(2,3)17-7-5-6-15(12-17)19(23)11-14-8-9-18-16(10-14)13-21-22(18)4;1-19(2,3)16-7-5-6-13-12-22(18(23)10-15(13)16)14-8-9-17(20-4)21-11-14;1-17(2,3)15-9-4-6-12-11-18(13-7-5-8-13)16(19)10-14(12)15;1-11(2)17-10-12-7-6-8-14(16(3,4)5)13(12)9-15(17)18/h5-10,12-13H,11H2,1-4H3;5-9,11H,10,12H2,1-4H3,(H,20,21);4,6,9,13H,5,7-8,10-11H2,1-3H3;6-8,11H,9-10H2,1-5H3. The topological polar surface area (TPSA) is 121 Å². The van der Waals surface area contributed by atoms with Gasteiger partial charge in [-0.25, -0.2) is 4.98 Å². The molecule has 11 heteroatoms. The normalized spacial score (nSPS) is 15.4. The minimum absolute atomic E-state index is 0.0454. The summed E-state index contributed by atoms with van der Waals surface area (Å²) < 4.78 is 1.84. The highest BCUT2D eigenvalue weighted by molar-refractivity contribution is 5.98. The second-order valence-electron chi connectivity index (χ2n) is 27.6. The highest BCUT2D eigenvalue weighted by Crippen LogP contribution is 2.37. The van der Waals surface area contributed by atoms with Crippen molar-refractivity contribution < 1.29 is 19.2 Å². The van der Waals surface area contributed by atoms with Crippen LogP contribution in [0.15, 0.2) is 122 Å². The van der Waals surface area contributed by atoms with E-state index in [0.29, 0.717) is 44.2 Å². The summed E-state index contributed by atoms with van der Waals surface area (Å²) in [5.41, 5.74) is 16.8. The van der Waals surface area contributed by atoms with Crippen LogP contribution in [-0.2, 0) is 88.4 Å². The summed E-state index contributed by atoms with van der Waals surface area (Å²) >= 11 is 0. The largest absolute Gasteiger partial charge is 0.373 e. The van der Waals surface area contributed by atoms with Gasteiger partial charge in [-0.3, -0.25) is 23.9 Å². The van der Waals surface area contributed by atoms with Crippen molar-refractivity contribution in [3.63, 3.8) is 0 Å². The van der Waals surface area contributed by atoms with Crippen molar-refractivity contribution in [2.45, 2.75) is 195 Å². The molecule has 11 rings (SSSR count). The van der Waals surface area contributed by atoms with Crippen LogP contribution in [0, 0.1) is 0 Å². The lowest BCUT2D eigenvalue weighted by Gasteiger charge is -2.41. The smallest absolute Gasteiger partial charge is 0.231 e. The van der Waals surface area contributed by atoms with Crippen LogP contribution in [0.1, 0.15) is 188 Å². The van der Waals surface area contributed by atoms with Crippen LogP contribution in [-0.4, -0.2) is 67.2 Å². The molecule has 1 fully saturated rings. The number of nitrogens with one attached hydrogen (secondary N) is 1. The number of pyridine rings is 1. The minimum Gasteiger partial charge on any atom is -0.373 e. The molecule has 1 saturated carbocycles. The van der Waals surface area contributed by atoms with Gasteiger partial charge in [0.1, 0.15) is 5.82 Å². The fourth-order valence-electron chi connectivity index (χ4n) is 11.8. The van der Waals surface area contributed by atoms with Gasteiger partial charge < -0.3 is 20.0 Å². The third-order valence-corrected chi connectivity index (χ3v) is 16.9. The van der Waals surface area contributed by atoms with Gasteiger partial charge in [-0.2, -0.15) is 5.10 Å². The van der Waals surface area contributed by atoms with E-state index in [4.69, 9.17) is 0 Å². The number of carbonyl (C=O) groups is 4. The Balaban J connectivity index is 0.000000145. The van der Waals surface area contributed by atoms with Crippen LogP contribution in [0.4, 0.5) is 11.5 Å². The molecule has 2 aromatic heterocycles. The number of carbonyl (C=O) groups excluding carboxylic acids is 4. The van der Waals surface area contributed by atoms with E-state index in [1.807, 2.05) is 83.3 Å². The molecule has 0 unspecified atom stereocenters. The number of rotatable bonds is 7. The fraction of sp³-hybridized carbons (Fsp3) is 0.444. The first-order chi connectivity index (χ1) is 39.0. The molecular weight excluding hydrogens is 1030 g/mol. The molecule has 7 aromatic rings. The predicted octanol–water partition coefficient (Wildman–Crippen LogP) is 14.5. The Morgan fingerprint density at radius 3 is 1.65 bits per heavy atom. The quantitative estimate of drug-likeness (QED) is 0.158. The van der Waals surface area contributed by atoms with Gasteiger partial charge in [0.2, 0.25) is 17.7 Å². The van der Waals surface area contributed by atoms with E-state index < -0.39 is 0 Å². The summed E-state index contributed by atoms with van der Waals surface area (Å²) in [6, 6.07) is 38.0. The summed E-state index contributed by atoms with van der Waals surface area (Å²) in [5, 5.41) is 8.31. The van der Waals surface area contributed by atoms with Gasteiger partial charge in [0.25, 0.3) is 0 Å². The number of nitrogens with zero attached hydrogens (tertiary/aromatic N) is 6. The predicted molar refractivity (Wildman–Crippen MR) is 339 cm³/mol. The molecule has 11 nitrogen and oxygen atoms in total. The lowest BCUT2D eigenvalue weighted by atomic mass is 9.79. The number of aryl methyl sites for hydroxylation is 1. The Hall–Kier alpha value is -7.40. The number of hydrogen-bond acceptors (Lipinski definition) is 7. The second-order valence-corrected chi connectivity index (χ2v) is 27.6. The molecule has 4 aliphatic rings. The molecule has 5 aromatic carbocycles. The molecule has 0 spiro atoms. The molecule has 1 aliphatic carbocycles. The van der Waals surface area contributed by atoms with Crippen molar-refractivity contribution in [2.24, 2.45) is 7.05 Å². The van der Waals surface area contributed by atoms with Gasteiger partial charge in [0, 0.05) is 56.6 Å². The molecule has 0 atom stereocenters. The number of ketones is 1. The number of aromatic nitrogens is 3. The van der Waals surface area contributed by atoms with Crippen LogP contribution < -0.4 is 10.2 Å². The molecule has 5 heterocycles. The Labute approximate surface area is 495 Å². The SMILES string of the molecule is CC(C)(C)c1cccc2c1CC(=O)N(C1CCC1)C2.CC(C)N1Cc2cccc(C(C)(C)C)c2CC1=O.CNc1ccc(N2Cc3cccc(C(C)(C)C)c3CC2=O)cn1.Cn1ncc2cc(CC(=O)c3cccc(C(C)(C)C)c3)ccc21. The van der Waals surface area contributed by atoms with Gasteiger partial charge in [-0.1, -0.05) is 162 Å². The Bertz CT molecular complexity index is 3480. The van der Waals surface area contributed by atoms with E-state index in [9.17, 15) is 19.2 Å². The van der Waals surface area contributed by atoms with Crippen LogP contribution in [0.25, 0.3) is 10.9 Å². The van der Waals surface area contributed by atoms with Gasteiger partial charge in [0.15, 0.2) is 5.78 Å². The van der Waals surface area contributed by atoms with E-state index in [1.165, 1.54) is 74.9 Å². The monoisotopic (exact) mass is 1120 g/mol. The maximum absolute atomic E-state index is 12.7. The third-order valence-electron chi connectivity index (χ3n) is 16.9. The first-order valence-electron chi connectivity index (χ1n) is 29.9. The lowest BCUT2D eigenvalue weighted by Crippen LogP contribution is -2.47. The first kappa shape index (κ1) is 61.7. The summed E-state index contributed by atoms with van der Waals surface area (Å²) in [4.78, 5) is 60.1. The molecule has 83 heavy (non-hydrogen) atoms. The average molecular weight is 1120 g/mol. The van der Waals surface area contributed by atoms with Crippen molar-refractivity contribution in [1.29, 1.82) is 0 Å². The van der Waals surface area contributed by atoms with E-state index in [-0.39, 0.29) is 45.3 Å². The first-order valence-corrected chi connectivity index (χ1v) is 29.9. The second kappa shape index (κ2) is 24.8. The third kappa shape index (κ3) is 14.5. The van der Waals surface area contributed by atoms with Crippen molar-refractivity contribution >= 4 is 45.9 Å². The van der Waals surface area contributed by atoms with E-state index >= 15 is 0 Å². The zero-order valence-electron chi connectivity index (χ0n) is 52.6. The van der Waals surface area contributed by atoms with E-state index in [2.05, 4.69) is 178 Å². The summed E-state index contributed by atoms with van der Waals surface area (Å²) in [7, 11) is 3.75. The average Bonchev–Trinajstić information content (AvgIpc) is 4.02. The lowest BCUT2D eigenvalue weighted by molar-refractivity contribution is -0.136. The minimum atomic E-state index is 0.0454. The van der Waals surface area contributed by atoms with E-state index in [0.717, 1.165) is 46.6 Å². The number of hydrogen-bond donors (Lipinski definition) is 1. The Morgan fingerprint density at radius 2 is 1.14 bits per heavy atom.